The Hall–Kier alpha value is -6.70. The van der Waals surface area contributed by atoms with Gasteiger partial charge in [0.15, 0.2) is 0 Å². The summed E-state index contributed by atoms with van der Waals surface area (Å²) in [5.74, 6) is 3.21. The fourth-order valence-corrected chi connectivity index (χ4v) is 10.4. The predicted octanol–water partition coefficient (Wildman–Crippen LogP) is 26.6. The summed E-state index contributed by atoms with van der Waals surface area (Å²) in [5, 5.41) is 5.40. The van der Waals surface area contributed by atoms with Gasteiger partial charge in [0.2, 0.25) is 0 Å². The van der Waals surface area contributed by atoms with E-state index in [0.29, 0.717) is 35.6 Å². The van der Waals surface area contributed by atoms with Crippen molar-refractivity contribution in [2.75, 3.05) is 11.4 Å². The van der Waals surface area contributed by atoms with Gasteiger partial charge < -0.3 is 4.90 Å². The number of allylic oxidation sites excluding steroid dienone is 3. The van der Waals surface area contributed by atoms with E-state index in [1.165, 1.54) is 101 Å². The van der Waals surface area contributed by atoms with Crippen molar-refractivity contribution < 1.29 is 0 Å². The Balaban J connectivity index is 0.000000498. The molecule has 0 saturated heterocycles. The van der Waals surface area contributed by atoms with Crippen molar-refractivity contribution >= 4 is 45.5 Å². The second-order valence-electron chi connectivity index (χ2n) is 22.3. The number of benzene rings is 8. The maximum absolute atomic E-state index is 2.47. The lowest BCUT2D eigenvalue weighted by atomic mass is 9.94. The number of para-hydroxylation sites is 1. The van der Waals surface area contributed by atoms with Gasteiger partial charge in [-0.3, -0.25) is 0 Å². The standard InChI is InChI=1S/2C13H14.3C12H14.C11H15N.6C2H6/c1-10(2)12-9-5-7-11-6-3-4-8-13(11)12;1-10(2)12-8-7-11-5-3-4-6-13(11)9-12;1-9(2)11-7-3-5-10-6-4-8-12(10)11;1-9(2)11-7-6-10-4-3-5-12(10)8-11;1-9(2)12-7-10-5-3-4-6-11(10)8-12;1-9(2)12-8-7-10-5-3-4-6-11(10)12;6*1-2/h2*3-10H,1-2H3;3-7,9H,8H2,1-2H3;3-4,6-9H,5H2,1-2H3;3-7,9H,8H2,1-2H3;3-6,9H,7-8H2,1-2H3;6*1-2H3. The molecule has 0 saturated carbocycles. The molecule has 0 fully saturated rings. The van der Waals surface area contributed by atoms with E-state index in [1.54, 1.807) is 5.57 Å². The summed E-state index contributed by atoms with van der Waals surface area (Å²) in [4.78, 5) is 2.47. The number of rotatable bonds is 6. The summed E-state index contributed by atoms with van der Waals surface area (Å²) in [5.41, 5.74) is 19.1. The van der Waals surface area contributed by atoms with Crippen LogP contribution in [0.3, 0.4) is 0 Å². The summed E-state index contributed by atoms with van der Waals surface area (Å²) in [6.07, 6.45) is 15.9. The molecule has 3 aliphatic carbocycles. The van der Waals surface area contributed by atoms with Crippen molar-refractivity contribution in [3.63, 3.8) is 0 Å². The fourth-order valence-electron chi connectivity index (χ4n) is 10.4. The van der Waals surface area contributed by atoms with Crippen LogP contribution in [-0.2, 0) is 25.7 Å². The van der Waals surface area contributed by atoms with Gasteiger partial charge in [-0.1, -0.05) is 352 Å². The molecular formula is C85H121N. The summed E-state index contributed by atoms with van der Waals surface area (Å²) in [6.45, 7) is 52.1. The molecule has 12 rings (SSSR count). The van der Waals surface area contributed by atoms with Crippen LogP contribution in [0.15, 0.2) is 188 Å². The van der Waals surface area contributed by atoms with E-state index in [2.05, 4.69) is 288 Å². The highest BCUT2D eigenvalue weighted by Crippen LogP contribution is 2.32. The van der Waals surface area contributed by atoms with Crippen LogP contribution in [0.2, 0.25) is 0 Å². The van der Waals surface area contributed by atoms with Crippen LogP contribution in [0, 0.1) is 5.92 Å². The quantitative estimate of drug-likeness (QED) is 0.160. The van der Waals surface area contributed by atoms with Crippen LogP contribution in [0.5, 0.6) is 0 Å². The lowest BCUT2D eigenvalue weighted by molar-refractivity contribution is 0.710. The maximum Gasteiger partial charge on any atom is 0.0401 e. The summed E-state index contributed by atoms with van der Waals surface area (Å²) in [6, 6.07) is 61.7. The molecule has 0 radical (unpaired) electrons. The van der Waals surface area contributed by atoms with Crippen molar-refractivity contribution in [2.45, 2.75) is 222 Å². The smallest absolute Gasteiger partial charge is 0.0401 e. The first-order valence-corrected chi connectivity index (χ1v) is 33.8. The van der Waals surface area contributed by atoms with Crippen LogP contribution in [0.25, 0.3) is 39.8 Å². The minimum absolute atomic E-state index is 0.603. The van der Waals surface area contributed by atoms with Gasteiger partial charge in [-0.25, -0.2) is 0 Å². The third-order valence-electron chi connectivity index (χ3n) is 14.9. The number of nitrogens with zero attached hydrogens (tertiary/aromatic N) is 1. The van der Waals surface area contributed by atoms with E-state index in [9.17, 15) is 0 Å². The van der Waals surface area contributed by atoms with E-state index >= 15 is 0 Å². The summed E-state index contributed by atoms with van der Waals surface area (Å²) >= 11 is 0. The van der Waals surface area contributed by atoms with Gasteiger partial charge in [-0.2, -0.15) is 0 Å². The highest BCUT2D eigenvalue weighted by molar-refractivity contribution is 5.86. The molecule has 0 atom stereocenters. The minimum Gasteiger partial charge on any atom is -0.369 e. The van der Waals surface area contributed by atoms with Crippen molar-refractivity contribution in [1.82, 2.24) is 0 Å². The monoisotopic (exact) mass is 1160 g/mol. The first-order valence-electron chi connectivity index (χ1n) is 33.8. The molecule has 466 valence electrons. The third-order valence-corrected chi connectivity index (χ3v) is 14.9. The average Bonchev–Trinajstić information content (AvgIpc) is 4.56. The number of anilines is 1. The van der Waals surface area contributed by atoms with Gasteiger partial charge >= 0.3 is 0 Å². The molecule has 0 bridgehead atoms. The Morgan fingerprint density at radius 1 is 0.349 bits per heavy atom. The van der Waals surface area contributed by atoms with Crippen molar-refractivity contribution in [3.05, 3.63) is 249 Å². The largest absolute Gasteiger partial charge is 0.369 e. The Morgan fingerprint density at radius 3 is 1.44 bits per heavy atom. The third kappa shape index (κ3) is 24.2. The highest BCUT2D eigenvalue weighted by atomic mass is 15.2. The van der Waals surface area contributed by atoms with Crippen LogP contribution in [0.4, 0.5) is 5.69 Å². The molecule has 8 aromatic rings. The second kappa shape index (κ2) is 43.8. The SMILES string of the molecule is CC.CC.CC.CC.CC.CC.CC(C)C1=Cc2ccccc2C1.CC(C)N1CCc2ccccc21.CC(C)c1ccc2c(c1)CC=C2.CC(C)c1ccc2ccccc2c1.CC(C)c1cccc2c1CC=C2.CC(C)c1cccc2ccccc12. The summed E-state index contributed by atoms with van der Waals surface area (Å²) < 4.78 is 0. The molecule has 0 N–H and O–H groups in total. The van der Waals surface area contributed by atoms with E-state index in [-0.39, 0.29) is 0 Å². The second-order valence-corrected chi connectivity index (χ2v) is 22.3. The number of hydrogen-bond acceptors (Lipinski definition) is 1. The lowest BCUT2D eigenvalue weighted by Crippen LogP contribution is -2.28. The molecule has 0 amide bonds. The van der Waals surface area contributed by atoms with Gasteiger partial charge in [-0.15, -0.1) is 0 Å². The molecule has 1 aliphatic heterocycles. The van der Waals surface area contributed by atoms with Crippen molar-refractivity contribution in [2.24, 2.45) is 5.92 Å². The Bertz CT molecular complexity index is 3150. The van der Waals surface area contributed by atoms with E-state index in [4.69, 9.17) is 0 Å². The molecule has 8 aromatic carbocycles. The Kier molecular flexibility index (Phi) is 39.4. The highest BCUT2D eigenvalue weighted by Gasteiger charge is 2.20. The first kappa shape index (κ1) is 77.3. The zero-order chi connectivity index (χ0) is 64.7. The zero-order valence-corrected chi connectivity index (χ0v) is 59.0. The van der Waals surface area contributed by atoms with Crippen LogP contribution >= 0.6 is 0 Å². The summed E-state index contributed by atoms with van der Waals surface area (Å²) in [7, 11) is 0. The van der Waals surface area contributed by atoms with Crippen LogP contribution in [0.1, 0.15) is 251 Å². The van der Waals surface area contributed by atoms with Gasteiger partial charge in [0.1, 0.15) is 0 Å². The Morgan fingerprint density at radius 2 is 0.837 bits per heavy atom. The maximum atomic E-state index is 2.47. The van der Waals surface area contributed by atoms with Crippen molar-refractivity contribution in [1.29, 1.82) is 0 Å². The topological polar surface area (TPSA) is 3.24 Å². The van der Waals surface area contributed by atoms with E-state index in [1.807, 2.05) is 83.1 Å². The average molecular weight is 1160 g/mol. The molecule has 1 heterocycles. The number of fused-ring (bicyclic) bond motifs is 6. The normalized spacial score (nSPS) is 11.8. The molecule has 0 unspecified atom stereocenters. The fraction of sp³-hybridized carbons (Fsp3) is 0.412. The van der Waals surface area contributed by atoms with E-state index in [0.717, 1.165) is 19.3 Å². The minimum atomic E-state index is 0.603. The van der Waals surface area contributed by atoms with Crippen LogP contribution < -0.4 is 4.90 Å². The zero-order valence-electron chi connectivity index (χ0n) is 59.0. The Labute approximate surface area is 530 Å². The van der Waals surface area contributed by atoms with Gasteiger partial charge in [0, 0.05) is 18.3 Å². The van der Waals surface area contributed by atoms with Gasteiger partial charge in [0.25, 0.3) is 0 Å². The molecule has 0 spiro atoms. The molecule has 0 aromatic heterocycles. The predicted molar refractivity (Wildman–Crippen MR) is 396 cm³/mol. The molecule has 4 aliphatic rings. The number of hydrogen-bond donors (Lipinski definition) is 0. The molecule has 86 heavy (non-hydrogen) atoms. The lowest BCUT2D eigenvalue weighted by Gasteiger charge is -2.23. The first-order chi connectivity index (χ1) is 41.7. The molecular weight excluding hydrogens is 1030 g/mol. The molecule has 1 nitrogen and oxygen atoms in total. The van der Waals surface area contributed by atoms with Gasteiger partial charge in [-0.05, 0) is 158 Å². The molecule has 1 heteroatoms. The van der Waals surface area contributed by atoms with E-state index < -0.39 is 0 Å². The van der Waals surface area contributed by atoms with Crippen LogP contribution in [-0.4, -0.2) is 12.6 Å². The van der Waals surface area contributed by atoms with Gasteiger partial charge in [0.05, 0.1) is 0 Å². The van der Waals surface area contributed by atoms with Crippen molar-refractivity contribution in [3.8, 4) is 0 Å².